The van der Waals surface area contributed by atoms with Crippen molar-refractivity contribution < 1.29 is 12.8 Å². The summed E-state index contributed by atoms with van der Waals surface area (Å²) in [5.41, 5.74) is 0. The third-order valence-corrected chi connectivity index (χ3v) is 3.14. The maximum absolute atomic E-state index is 12.2. The summed E-state index contributed by atoms with van der Waals surface area (Å²) in [6, 6.07) is 2.19. The molecule has 0 bridgehead atoms. The van der Waals surface area contributed by atoms with Crippen LogP contribution in [0.1, 0.15) is 0 Å². The van der Waals surface area contributed by atoms with Gasteiger partial charge in [0.2, 0.25) is 10.0 Å². The minimum absolute atomic E-state index is 0.148. The average Bonchev–Trinajstić information content (AvgIpc) is 2.11. The summed E-state index contributed by atoms with van der Waals surface area (Å²) in [4.78, 5) is 0. The van der Waals surface area contributed by atoms with Crippen molar-refractivity contribution in [1.29, 1.82) is 0 Å². The van der Waals surface area contributed by atoms with E-state index < -0.39 is 15.2 Å². The van der Waals surface area contributed by atoms with Gasteiger partial charge in [-0.25, -0.2) is 13.6 Å². The van der Waals surface area contributed by atoms with Gasteiger partial charge in [-0.3, -0.25) is 0 Å². The second-order valence-corrected chi connectivity index (χ2v) is 4.43. The summed E-state index contributed by atoms with van der Waals surface area (Å²) in [6.45, 7) is 0. The van der Waals surface area contributed by atoms with Gasteiger partial charge in [0.05, 0.1) is 0 Å². The number of thiophene rings is 1. The fraction of sp³-hybridized carbons (Fsp3) is 0. The van der Waals surface area contributed by atoms with Gasteiger partial charge in [0, 0.05) is 0 Å². The van der Waals surface area contributed by atoms with Gasteiger partial charge in [-0.05, 0) is 12.1 Å². The molecule has 10 heavy (non-hydrogen) atoms. The molecule has 0 aliphatic carbocycles. The zero-order chi connectivity index (χ0) is 7.78. The Hall–Kier alpha value is -0.460. The first-order chi connectivity index (χ1) is 4.50. The van der Waals surface area contributed by atoms with Gasteiger partial charge in [-0.1, -0.05) is 11.3 Å². The van der Waals surface area contributed by atoms with Crippen LogP contribution in [0.15, 0.2) is 16.3 Å². The normalized spacial score (nSPS) is 11.8. The summed E-state index contributed by atoms with van der Waals surface area (Å²) in [5, 5.41) is 4.13. The molecule has 2 N–H and O–H groups in total. The van der Waals surface area contributed by atoms with Gasteiger partial charge in [0.25, 0.3) is 0 Å². The van der Waals surface area contributed by atoms with E-state index in [2.05, 4.69) is 5.14 Å². The molecule has 6 heteroatoms. The summed E-state index contributed by atoms with van der Waals surface area (Å²) in [6.07, 6.45) is 0. The first kappa shape index (κ1) is 7.64. The second kappa shape index (κ2) is 2.30. The summed E-state index contributed by atoms with van der Waals surface area (Å²) in [5.74, 6) is 0. The molecular formula is C4H4FNO2S2. The highest BCUT2D eigenvalue weighted by molar-refractivity contribution is 7.91. The van der Waals surface area contributed by atoms with E-state index in [0.717, 1.165) is 12.1 Å². The molecular weight excluding hydrogens is 177 g/mol. The van der Waals surface area contributed by atoms with Crippen molar-refractivity contribution in [3.05, 3.63) is 17.3 Å². The quantitative estimate of drug-likeness (QED) is 0.687. The highest BCUT2D eigenvalue weighted by Crippen LogP contribution is 2.17. The molecule has 0 amide bonds. The number of sulfonamides is 1. The molecule has 0 aliphatic heterocycles. The summed E-state index contributed by atoms with van der Waals surface area (Å²) in [7, 11) is -3.70. The van der Waals surface area contributed by atoms with Crippen molar-refractivity contribution >= 4 is 21.4 Å². The van der Waals surface area contributed by atoms with Crippen LogP contribution in [0.4, 0.5) is 4.39 Å². The molecule has 0 atom stereocenters. The first-order valence-electron chi connectivity index (χ1n) is 2.28. The molecule has 1 heterocycles. The van der Waals surface area contributed by atoms with E-state index in [1.54, 1.807) is 0 Å². The summed E-state index contributed by atoms with van der Waals surface area (Å²) < 4.78 is 32.9. The van der Waals surface area contributed by atoms with Crippen molar-refractivity contribution in [1.82, 2.24) is 0 Å². The van der Waals surface area contributed by atoms with Crippen LogP contribution < -0.4 is 5.14 Å². The average molecular weight is 181 g/mol. The van der Waals surface area contributed by atoms with Gasteiger partial charge in [0.1, 0.15) is 4.21 Å². The van der Waals surface area contributed by atoms with Crippen LogP contribution in [0.3, 0.4) is 0 Å². The van der Waals surface area contributed by atoms with Crippen LogP contribution in [-0.2, 0) is 10.0 Å². The maximum Gasteiger partial charge on any atom is 0.247 e. The summed E-state index contributed by atoms with van der Waals surface area (Å²) >= 11 is 0.515. The van der Waals surface area contributed by atoms with Gasteiger partial charge in [-0.15, -0.1) is 0 Å². The second-order valence-electron chi connectivity index (χ2n) is 1.60. The standard InChI is InChI=1S/C4H4FNO2S2/c5-3-1-2-4(9-3)10(6,7)8/h1-2H,(H2,6,7,8). The molecule has 0 fully saturated rings. The number of halogens is 1. The zero-order valence-corrected chi connectivity index (χ0v) is 6.38. The van der Waals surface area contributed by atoms with Crippen LogP contribution >= 0.6 is 11.3 Å². The molecule has 0 radical (unpaired) electrons. The van der Waals surface area contributed by atoms with Crippen molar-refractivity contribution in [3.8, 4) is 0 Å². The van der Waals surface area contributed by atoms with E-state index in [1.807, 2.05) is 0 Å². The van der Waals surface area contributed by atoms with Crippen LogP contribution in [0, 0.1) is 5.13 Å². The zero-order valence-electron chi connectivity index (χ0n) is 4.74. The SMILES string of the molecule is NS(=O)(=O)c1ccc(F)s1. The van der Waals surface area contributed by atoms with Crippen molar-refractivity contribution in [2.75, 3.05) is 0 Å². The Bertz CT molecular complexity index is 329. The van der Waals surface area contributed by atoms with Crippen molar-refractivity contribution in [2.45, 2.75) is 4.21 Å². The molecule has 1 aromatic heterocycles. The van der Waals surface area contributed by atoms with Gasteiger partial charge in [0.15, 0.2) is 5.13 Å². The predicted molar refractivity (Wildman–Crippen MR) is 35.7 cm³/mol. The van der Waals surface area contributed by atoms with Crippen LogP contribution in [0.25, 0.3) is 0 Å². The van der Waals surface area contributed by atoms with Crippen LogP contribution in [-0.4, -0.2) is 8.42 Å². The van der Waals surface area contributed by atoms with Gasteiger partial charge < -0.3 is 0 Å². The third-order valence-electron chi connectivity index (χ3n) is 0.829. The molecule has 1 rings (SSSR count). The Kier molecular flexibility index (Phi) is 1.76. The number of hydrogen-bond acceptors (Lipinski definition) is 3. The van der Waals surface area contributed by atoms with E-state index in [-0.39, 0.29) is 4.21 Å². The Balaban J connectivity index is 3.21. The lowest BCUT2D eigenvalue weighted by Gasteiger charge is -1.86. The van der Waals surface area contributed by atoms with Crippen molar-refractivity contribution in [3.63, 3.8) is 0 Å². The Labute approximate surface area is 61.3 Å². The number of hydrogen-bond donors (Lipinski definition) is 1. The topological polar surface area (TPSA) is 60.2 Å². The highest BCUT2D eigenvalue weighted by Gasteiger charge is 2.10. The molecule has 0 saturated carbocycles. The molecule has 0 unspecified atom stereocenters. The molecule has 56 valence electrons. The van der Waals surface area contributed by atoms with Crippen LogP contribution in [0.5, 0.6) is 0 Å². The fourth-order valence-electron chi connectivity index (χ4n) is 0.451. The molecule has 1 aromatic rings. The molecule has 0 spiro atoms. The highest BCUT2D eigenvalue weighted by atomic mass is 32.2. The lowest BCUT2D eigenvalue weighted by Crippen LogP contribution is -2.09. The van der Waals surface area contributed by atoms with Gasteiger partial charge in [-0.2, -0.15) is 4.39 Å². The first-order valence-corrected chi connectivity index (χ1v) is 4.64. The van der Waals surface area contributed by atoms with Crippen molar-refractivity contribution in [2.24, 2.45) is 5.14 Å². The largest absolute Gasteiger partial charge is 0.247 e. The monoisotopic (exact) mass is 181 g/mol. The minimum Gasteiger partial charge on any atom is -0.224 e. The Morgan fingerprint density at radius 2 is 2.10 bits per heavy atom. The lowest BCUT2D eigenvalue weighted by molar-refractivity contribution is 0.599. The lowest BCUT2D eigenvalue weighted by atomic mass is 10.7. The maximum atomic E-state index is 12.2. The van der Waals surface area contributed by atoms with Crippen LogP contribution in [0.2, 0.25) is 0 Å². The fourth-order valence-corrected chi connectivity index (χ4v) is 1.88. The molecule has 0 saturated heterocycles. The van der Waals surface area contributed by atoms with E-state index in [4.69, 9.17) is 0 Å². The Morgan fingerprint density at radius 3 is 2.30 bits per heavy atom. The minimum atomic E-state index is -3.70. The molecule has 0 aliphatic rings. The van der Waals surface area contributed by atoms with E-state index in [1.165, 1.54) is 0 Å². The van der Waals surface area contributed by atoms with E-state index >= 15 is 0 Å². The molecule has 0 aromatic carbocycles. The van der Waals surface area contributed by atoms with E-state index in [9.17, 15) is 12.8 Å². The smallest absolute Gasteiger partial charge is 0.224 e. The predicted octanol–water partition coefficient (Wildman–Crippen LogP) is 0.535. The number of rotatable bonds is 1. The van der Waals surface area contributed by atoms with E-state index in [0.29, 0.717) is 11.3 Å². The Morgan fingerprint density at radius 1 is 1.50 bits per heavy atom. The third kappa shape index (κ3) is 1.53. The number of primary sulfonamides is 1. The van der Waals surface area contributed by atoms with Gasteiger partial charge >= 0.3 is 0 Å². The molecule has 3 nitrogen and oxygen atoms in total. The number of nitrogens with two attached hydrogens (primary N) is 1.